The first-order valence-electron chi connectivity index (χ1n) is 7.93. The third kappa shape index (κ3) is 3.04. The molecule has 0 saturated heterocycles. The molecule has 4 rings (SSSR count). The zero-order valence-electron chi connectivity index (χ0n) is 13.2. The highest BCUT2D eigenvalue weighted by Gasteiger charge is 2.24. The fourth-order valence-corrected chi connectivity index (χ4v) is 2.74. The molecule has 0 unspecified atom stereocenters. The van der Waals surface area contributed by atoms with Gasteiger partial charge in [-0.1, -0.05) is 6.07 Å². The summed E-state index contributed by atoms with van der Waals surface area (Å²) in [5.41, 5.74) is 2.76. The Kier molecular flexibility index (Phi) is 3.62. The van der Waals surface area contributed by atoms with E-state index in [1.807, 2.05) is 12.1 Å². The van der Waals surface area contributed by atoms with Crippen LogP contribution in [0.25, 0.3) is 11.1 Å². The lowest BCUT2D eigenvalue weighted by Crippen LogP contribution is -1.98. The van der Waals surface area contributed by atoms with Crippen LogP contribution in [0.4, 0.5) is 0 Å². The van der Waals surface area contributed by atoms with Gasteiger partial charge in [0.15, 0.2) is 12.2 Å². The summed E-state index contributed by atoms with van der Waals surface area (Å²) in [6, 6.07) is 12.3. The Balaban J connectivity index is 1.54. The maximum atomic E-state index is 11.0. The topological polar surface area (TPSA) is 96.3 Å². The molecule has 0 aliphatic heterocycles. The molecule has 1 heterocycles. The monoisotopic (exact) mass is 334 g/mol. The number of rotatable bonds is 5. The summed E-state index contributed by atoms with van der Waals surface area (Å²) in [5.74, 6) is 0.361. The minimum atomic E-state index is -1.02. The fourth-order valence-electron chi connectivity index (χ4n) is 2.74. The summed E-state index contributed by atoms with van der Waals surface area (Å²) in [6.45, 7) is 0.0640. The number of oxazole rings is 1. The van der Waals surface area contributed by atoms with Gasteiger partial charge in [0.1, 0.15) is 17.3 Å². The van der Waals surface area contributed by atoms with E-state index in [0.29, 0.717) is 34.2 Å². The van der Waals surface area contributed by atoms with E-state index >= 15 is 0 Å². The van der Waals surface area contributed by atoms with Crippen LogP contribution >= 0.6 is 0 Å². The molecule has 25 heavy (non-hydrogen) atoms. The van der Waals surface area contributed by atoms with Crippen LogP contribution in [0.2, 0.25) is 0 Å². The van der Waals surface area contributed by atoms with Crippen LogP contribution in [-0.2, 0) is 6.61 Å². The van der Waals surface area contributed by atoms with Crippen LogP contribution in [-0.4, -0.2) is 16.1 Å². The minimum Gasteiger partial charge on any atom is -0.482 e. The van der Waals surface area contributed by atoms with Gasteiger partial charge in [-0.2, -0.15) is 5.26 Å². The number of carboxylic acids is 1. The fraction of sp³-hybridized carbons (Fsp3) is 0.211. The standard InChI is InChI=1S/C19H14N2O4/c20-9-14-7-12(11-1-2-11)4-6-16(14)24-10-18-21-15-5-3-13(19(22)23)8-17(15)25-18/h3-8,11H,1-2,10H2,(H,22,23). The number of aromatic nitrogens is 1. The van der Waals surface area contributed by atoms with Gasteiger partial charge in [-0.15, -0.1) is 0 Å². The number of nitriles is 1. The molecular formula is C19H14N2O4. The Morgan fingerprint density at radius 3 is 2.88 bits per heavy atom. The Bertz CT molecular complexity index is 1010. The van der Waals surface area contributed by atoms with E-state index in [1.54, 1.807) is 12.1 Å². The van der Waals surface area contributed by atoms with Gasteiger partial charge < -0.3 is 14.3 Å². The first kappa shape index (κ1) is 15.2. The Morgan fingerprint density at radius 2 is 2.16 bits per heavy atom. The van der Waals surface area contributed by atoms with Crippen molar-refractivity contribution < 1.29 is 19.1 Å². The summed E-state index contributed by atoms with van der Waals surface area (Å²) >= 11 is 0. The van der Waals surface area contributed by atoms with E-state index in [0.717, 1.165) is 0 Å². The molecule has 0 bridgehead atoms. The molecule has 1 saturated carbocycles. The highest BCUT2D eigenvalue weighted by atomic mass is 16.5. The van der Waals surface area contributed by atoms with Gasteiger partial charge in [-0.25, -0.2) is 9.78 Å². The molecule has 6 nitrogen and oxygen atoms in total. The summed E-state index contributed by atoms with van der Waals surface area (Å²) in [4.78, 5) is 15.3. The molecule has 1 aliphatic rings. The average molecular weight is 334 g/mol. The van der Waals surface area contributed by atoms with Crippen molar-refractivity contribution >= 4 is 17.1 Å². The number of fused-ring (bicyclic) bond motifs is 1. The number of aromatic carboxylic acids is 1. The summed E-state index contributed by atoms with van der Waals surface area (Å²) in [7, 11) is 0. The van der Waals surface area contributed by atoms with Gasteiger partial charge >= 0.3 is 5.97 Å². The van der Waals surface area contributed by atoms with Crippen LogP contribution in [0.5, 0.6) is 5.75 Å². The van der Waals surface area contributed by atoms with E-state index < -0.39 is 5.97 Å². The molecular weight excluding hydrogens is 320 g/mol. The van der Waals surface area contributed by atoms with Crippen molar-refractivity contribution in [3.63, 3.8) is 0 Å². The predicted octanol–water partition coefficient (Wildman–Crippen LogP) is 3.85. The second kappa shape index (κ2) is 5.95. The maximum absolute atomic E-state index is 11.0. The number of hydrogen-bond acceptors (Lipinski definition) is 5. The highest BCUT2D eigenvalue weighted by molar-refractivity contribution is 5.91. The van der Waals surface area contributed by atoms with Gasteiger partial charge in [0, 0.05) is 0 Å². The van der Waals surface area contributed by atoms with E-state index in [4.69, 9.17) is 14.3 Å². The smallest absolute Gasteiger partial charge is 0.335 e. The van der Waals surface area contributed by atoms with Gasteiger partial charge in [0.2, 0.25) is 5.89 Å². The molecule has 3 aromatic rings. The van der Waals surface area contributed by atoms with Gasteiger partial charge in [0.25, 0.3) is 0 Å². The summed E-state index contributed by atoms with van der Waals surface area (Å²) in [6.07, 6.45) is 2.35. The van der Waals surface area contributed by atoms with Crippen molar-refractivity contribution in [2.75, 3.05) is 0 Å². The molecule has 0 radical (unpaired) electrons. The molecule has 6 heteroatoms. The molecule has 0 spiro atoms. The molecule has 0 amide bonds. The van der Waals surface area contributed by atoms with Crippen molar-refractivity contribution in [2.24, 2.45) is 0 Å². The number of carbonyl (C=O) groups is 1. The van der Waals surface area contributed by atoms with Crippen LogP contribution in [0.3, 0.4) is 0 Å². The van der Waals surface area contributed by atoms with Crippen LogP contribution in [0, 0.1) is 11.3 Å². The SMILES string of the molecule is N#Cc1cc(C2CC2)ccc1OCc1nc2ccc(C(=O)O)cc2o1. The second-order valence-electron chi connectivity index (χ2n) is 6.03. The summed E-state index contributed by atoms with van der Waals surface area (Å²) in [5, 5.41) is 18.3. The molecule has 1 aromatic heterocycles. The number of carboxylic acid groups (broad SMARTS) is 1. The second-order valence-corrected chi connectivity index (χ2v) is 6.03. The Morgan fingerprint density at radius 1 is 1.32 bits per heavy atom. The minimum absolute atomic E-state index is 0.0640. The average Bonchev–Trinajstić information content (AvgIpc) is 3.38. The quantitative estimate of drug-likeness (QED) is 0.761. The Hall–Kier alpha value is -3.33. The molecule has 0 atom stereocenters. The van der Waals surface area contributed by atoms with E-state index in [2.05, 4.69) is 11.1 Å². The third-order valence-corrected chi connectivity index (χ3v) is 4.20. The van der Waals surface area contributed by atoms with Crippen molar-refractivity contribution in [3.05, 3.63) is 59.0 Å². The van der Waals surface area contributed by atoms with Gasteiger partial charge in [-0.05, 0) is 54.7 Å². The van der Waals surface area contributed by atoms with Crippen molar-refractivity contribution in [1.29, 1.82) is 5.26 Å². The van der Waals surface area contributed by atoms with E-state index in [9.17, 15) is 10.1 Å². The molecule has 2 aromatic carbocycles. The van der Waals surface area contributed by atoms with Crippen molar-refractivity contribution in [1.82, 2.24) is 4.98 Å². The lowest BCUT2D eigenvalue weighted by atomic mass is 10.1. The molecule has 1 N–H and O–H groups in total. The maximum Gasteiger partial charge on any atom is 0.335 e. The van der Waals surface area contributed by atoms with Gasteiger partial charge in [-0.3, -0.25) is 0 Å². The lowest BCUT2D eigenvalue weighted by Gasteiger charge is -2.07. The molecule has 1 aliphatic carbocycles. The van der Waals surface area contributed by atoms with Crippen molar-refractivity contribution in [3.8, 4) is 11.8 Å². The number of hydrogen-bond donors (Lipinski definition) is 1. The first-order chi connectivity index (χ1) is 12.1. The molecule has 1 fully saturated rings. The third-order valence-electron chi connectivity index (χ3n) is 4.20. The van der Waals surface area contributed by atoms with Crippen LogP contribution < -0.4 is 4.74 Å². The predicted molar refractivity (Wildman–Crippen MR) is 88.4 cm³/mol. The van der Waals surface area contributed by atoms with Crippen molar-refractivity contribution in [2.45, 2.75) is 25.4 Å². The largest absolute Gasteiger partial charge is 0.482 e. The van der Waals surface area contributed by atoms with E-state index in [1.165, 1.54) is 30.5 Å². The zero-order valence-corrected chi connectivity index (χ0v) is 13.2. The zero-order chi connectivity index (χ0) is 17.4. The van der Waals surface area contributed by atoms with Crippen LogP contribution in [0.15, 0.2) is 40.8 Å². The summed E-state index contributed by atoms with van der Waals surface area (Å²) < 4.78 is 11.2. The van der Waals surface area contributed by atoms with Gasteiger partial charge in [0.05, 0.1) is 11.1 Å². The Labute approximate surface area is 143 Å². The normalized spacial score (nSPS) is 13.6. The van der Waals surface area contributed by atoms with E-state index in [-0.39, 0.29) is 12.2 Å². The molecule has 124 valence electrons. The number of benzene rings is 2. The first-order valence-corrected chi connectivity index (χ1v) is 7.93. The highest BCUT2D eigenvalue weighted by Crippen LogP contribution is 2.41. The lowest BCUT2D eigenvalue weighted by molar-refractivity contribution is 0.0697. The van der Waals surface area contributed by atoms with Crippen LogP contribution in [0.1, 0.15) is 46.1 Å². The number of nitrogens with zero attached hydrogens (tertiary/aromatic N) is 2. The number of ether oxygens (including phenoxy) is 1.